The standard InChI is InChI=1S/C18H15N3O4/c1-12-16(20-18(25-12)13-6-3-2-4-7-13)11-17(22)19-14-8-5-9-15(10-14)21(23)24/h2-10H,11H2,1H3,(H,19,22). The Morgan fingerprint density at radius 1 is 1.20 bits per heavy atom. The minimum absolute atomic E-state index is 0.0187. The van der Waals surface area contributed by atoms with Gasteiger partial charge in [0.15, 0.2) is 0 Å². The van der Waals surface area contributed by atoms with Crippen molar-refractivity contribution in [1.29, 1.82) is 0 Å². The molecule has 2 aromatic carbocycles. The fourth-order valence-electron chi connectivity index (χ4n) is 2.35. The van der Waals surface area contributed by atoms with Crippen LogP contribution in [0.15, 0.2) is 59.0 Å². The molecule has 0 atom stereocenters. The summed E-state index contributed by atoms with van der Waals surface area (Å²) >= 11 is 0. The van der Waals surface area contributed by atoms with E-state index in [1.54, 1.807) is 13.0 Å². The summed E-state index contributed by atoms with van der Waals surface area (Å²) in [6.07, 6.45) is 0.0187. The Hall–Kier alpha value is -3.48. The highest BCUT2D eigenvalue weighted by molar-refractivity contribution is 5.92. The minimum Gasteiger partial charge on any atom is -0.441 e. The lowest BCUT2D eigenvalue weighted by atomic mass is 10.2. The van der Waals surface area contributed by atoms with Gasteiger partial charge in [-0.05, 0) is 25.1 Å². The molecular weight excluding hydrogens is 322 g/mol. The summed E-state index contributed by atoms with van der Waals surface area (Å²) in [5.74, 6) is 0.695. The van der Waals surface area contributed by atoms with Crippen LogP contribution in [0.4, 0.5) is 11.4 Å². The van der Waals surface area contributed by atoms with E-state index in [0.717, 1.165) is 5.56 Å². The maximum atomic E-state index is 12.2. The topological polar surface area (TPSA) is 98.3 Å². The second-order valence-corrected chi connectivity index (χ2v) is 5.42. The van der Waals surface area contributed by atoms with Crippen molar-refractivity contribution in [2.75, 3.05) is 5.32 Å². The molecule has 0 fully saturated rings. The number of hydrogen-bond donors (Lipinski definition) is 1. The molecule has 0 spiro atoms. The number of oxazole rings is 1. The van der Waals surface area contributed by atoms with Crippen LogP contribution in [0.2, 0.25) is 0 Å². The average Bonchev–Trinajstić information content (AvgIpc) is 2.96. The first-order valence-electron chi connectivity index (χ1n) is 7.59. The number of nitrogens with one attached hydrogen (secondary N) is 1. The van der Waals surface area contributed by atoms with Crippen LogP contribution in [0.25, 0.3) is 11.5 Å². The summed E-state index contributed by atoms with van der Waals surface area (Å²) in [5, 5.41) is 13.4. The van der Waals surface area contributed by atoms with Gasteiger partial charge in [0, 0.05) is 23.4 Å². The molecule has 0 aliphatic carbocycles. The van der Waals surface area contributed by atoms with Gasteiger partial charge in [-0.2, -0.15) is 0 Å². The molecule has 1 N–H and O–H groups in total. The van der Waals surface area contributed by atoms with Crippen LogP contribution in [0.5, 0.6) is 0 Å². The predicted octanol–water partition coefficient (Wildman–Crippen LogP) is 3.74. The van der Waals surface area contributed by atoms with Crippen molar-refractivity contribution in [3.05, 3.63) is 76.2 Å². The molecule has 0 bridgehead atoms. The number of rotatable bonds is 5. The van der Waals surface area contributed by atoms with E-state index in [4.69, 9.17) is 4.42 Å². The van der Waals surface area contributed by atoms with Gasteiger partial charge in [-0.1, -0.05) is 24.3 Å². The average molecular weight is 337 g/mol. The number of benzene rings is 2. The molecule has 3 rings (SSSR count). The Labute approximate surface area is 143 Å². The van der Waals surface area contributed by atoms with Gasteiger partial charge in [0.2, 0.25) is 11.8 Å². The van der Waals surface area contributed by atoms with E-state index in [-0.39, 0.29) is 18.0 Å². The van der Waals surface area contributed by atoms with Gasteiger partial charge in [-0.25, -0.2) is 4.98 Å². The third-order valence-corrected chi connectivity index (χ3v) is 3.58. The first-order valence-corrected chi connectivity index (χ1v) is 7.59. The molecule has 126 valence electrons. The van der Waals surface area contributed by atoms with Gasteiger partial charge >= 0.3 is 0 Å². The van der Waals surface area contributed by atoms with Crippen molar-refractivity contribution in [2.45, 2.75) is 13.3 Å². The maximum absolute atomic E-state index is 12.2. The Balaban J connectivity index is 1.72. The van der Waals surface area contributed by atoms with Crippen LogP contribution in [-0.2, 0) is 11.2 Å². The molecule has 7 heteroatoms. The SMILES string of the molecule is Cc1oc(-c2ccccc2)nc1CC(=O)Nc1cccc([N+](=O)[O-])c1. The van der Waals surface area contributed by atoms with E-state index < -0.39 is 4.92 Å². The van der Waals surface area contributed by atoms with Gasteiger partial charge in [-0.3, -0.25) is 14.9 Å². The Morgan fingerprint density at radius 3 is 2.68 bits per heavy atom. The van der Waals surface area contributed by atoms with Gasteiger partial charge in [0.1, 0.15) is 5.76 Å². The van der Waals surface area contributed by atoms with E-state index >= 15 is 0 Å². The fraction of sp³-hybridized carbons (Fsp3) is 0.111. The summed E-state index contributed by atoms with van der Waals surface area (Å²) in [4.78, 5) is 26.8. The number of nitrogens with zero attached hydrogens (tertiary/aromatic N) is 2. The van der Waals surface area contributed by atoms with Crippen molar-refractivity contribution < 1.29 is 14.1 Å². The number of nitro benzene ring substituents is 1. The van der Waals surface area contributed by atoms with E-state index in [9.17, 15) is 14.9 Å². The Morgan fingerprint density at radius 2 is 1.96 bits per heavy atom. The monoisotopic (exact) mass is 337 g/mol. The number of aryl methyl sites for hydroxylation is 1. The number of anilines is 1. The first kappa shape index (κ1) is 16.4. The quantitative estimate of drug-likeness (QED) is 0.565. The van der Waals surface area contributed by atoms with Crippen LogP contribution >= 0.6 is 0 Å². The van der Waals surface area contributed by atoms with Crippen molar-refractivity contribution in [1.82, 2.24) is 4.98 Å². The van der Waals surface area contributed by atoms with Crippen molar-refractivity contribution >= 4 is 17.3 Å². The number of amides is 1. The normalized spacial score (nSPS) is 10.4. The van der Waals surface area contributed by atoms with Gasteiger partial charge in [-0.15, -0.1) is 0 Å². The number of non-ortho nitro benzene ring substituents is 1. The van der Waals surface area contributed by atoms with Crippen LogP contribution in [0.1, 0.15) is 11.5 Å². The van der Waals surface area contributed by atoms with Gasteiger partial charge < -0.3 is 9.73 Å². The smallest absolute Gasteiger partial charge is 0.271 e. The molecule has 0 radical (unpaired) electrons. The predicted molar refractivity (Wildman–Crippen MR) is 92.1 cm³/mol. The van der Waals surface area contributed by atoms with Crippen molar-refractivity contribution in [3.8, 4) is 11.5 Å². The number of carbonyl (C=O) groups excluding carboxylic acids is 1. The van der Waals surface area contributed by atoms with Crippen LogP contribution in [-0.4, -0.2) is 15.8 Å². The highest BCUT2D eigenvalue weighted by Crippen LogP contribution is 2.22. The minimum atomic E-state index is -0.510. The van der Waals surface area contributed by atoms with Crippen LogP contribution in [0, 0.1) is 17.0 Å². The molecule has 3 aromatic rings. The van der Waals surface area contributed by atoms with E-state index in [1.807, 2.05) is 30.3 Å². The van der Waals surface area contributed by atoms with Crippen molar-refractivity contribution in [2.24, 2.45) is 0 Å². The number of hydrogen-bond acceptors (Lipinski definition) is 5. The van der Waals surface area contributed by atoms with Gasteiger partial charge in [0.05, 0.1) is 17.0 Å². The Bertz CT molecular complexity index is 919. The lowest BCUT2D eigenvalue weighted by Gasteiger charge is -2.03. The first-order chi connectivity index (χ1) is 12.0. The zero-order valence-corrected chi connectivity index (χ0v) is 13.4. The zero-order valence-electron chi connectivity index (χ0n) is 13.4. The molecule has 0 aliphatic heterocycles. The molecule has 1 heterocycles. The molecule has 0 saturated carbocycles. The van der Waals surface area contributed by atoms with E-state index in [0.29, 0.717) is 23.0 Å². The molecular formula is C18H15N3O4. The number of aromatic nitrogens is 1. The largest absolute Gasteiger partial charge is 0.441 e. The van der Waals surface area contributed by atoms with Crippen molar-refractivity contribution in [3.63, 3.8) is 0 Å². The second kappa shape index (κ2) is 6.96. The summed E-state index contributed by atoms with van der Waals surface area (Å²) in [7, 11) is 0. The van der Waals surface area contributed by atoms with Crippen LogP contribution in [0.3, 0.4) is 0 Å². The second-order valence-electron chi connectivity index (χ2n) is 5.42. The summed E-state index contributed by atoms with van der Waals surface area (Å²) in [6, 6.07) is 15.2. The molecule has 25 heavy (non-hydrogen) atoms. The lowest BCUT2D eigenvalue weighted by Crippen LogP contribution is -2.15. The van der Waals surface area contributed by atoms with E-state index in [2.05, 4.69) is 10.3 Å². The van der Waals surface area contributed by atoms with E-state index in [1.165, 1.54) is 18.2 Å². The molecule has 0 unspecified atom stereocenters. The van der Waals surface area contributed by atoms with Crippen LogP contribution < -0.4 is 5.32 Å². The summed E-state index contributed by atoms with van der Waals surface area (Å²) in [5.41, 5.74) is 1.64. The van der Waals surface area contributed by atoms with Gasteiger partial charge in [0.25, 0.3) is 5.69 Å². The zero-order chi connectivity index (χ0) is 17.8. The number of nitro groups is 1. The summed E-state index contributed by atoms with van der Waals surface area (Å²) < 4.78 is 5.62. The molecule has 0 saturated heterocycles. The maximum Gasteiger partial charge on any atom is 0.271 e. The third kappa shape index (κ3) is 3.89. The fourth-order valence-corrected chi connectivity index (χ4v) is 2.35. The highest BCUT2D eigenvalue weighted by Gasteiger charge is 2.15. The molecule has 0 aliphatic rings. The molecule has 7 nitrogen and oxygen atoms in total. The summed E-state index contributed by atoms with van der Waals surface area (Å²) in [6.45, 7) is 1.75. The molecule has 1 amide bonds. The lowest BCUT2D eigenvalue weighted by molar-refractivity contribution is -0.384. The number of carbonyl (C=O) groups is 1. The Kier molecular flexibility index (Phi) is 4.56. The molecule has 1 aromatic heterocycles. The third-order valence-electron chi connectivity index (χ3n) is 3.58. The highest BCUT2D eigenvalue weighted by atomic mass is 16.6.